The molecule has 0 N–H and O–H groups in total. The topological polar surface area (TPSA) is 26.3 Å². The average Bonchev–Trinajstić information content (AvgIpc) is 2.34. The number of carbonyl (C=O) groups is 1. The minimum absolute atomic E-state index is 0.0886. The lowest BCUT2D eigenvalue weighted by atomic mass is 9.76. The van der Waals surface area contributed by atoms with Crippen LogP contribution in [0.5, 0.6) is 5.75 Å². The number of halogens is 1. The third-order valence-corrected chi connectivity index (χ3v) is 3.92. The lowest BCUT2D eigenvalue weighted by Gasteiger charge is -2.34. The van der Waals surface area contributed by atoms with Crippen LogP contribution in [0.3, 0.4) is 0 Å². The molecule has 0 heterocycles. The van der Waals surface area contributed by atoms with Gasteiger partial charge in [-0.1, -0.05) is 13.8 Å². The van der Waals surface area contributed by atoms with Gasteiger partial charge in [-0.05, 0) is 56.2 Å². The highest BCUT2D eigenvalue weighted by atomic mass is 19.1. The van der Waals surface area contributed by atoms with E-state index in [4.69, 9.17) is 4.74 Å². The van der Waals surface area contributed by atoms with Crippen molar-refractivity contribution in [2.45, 2.75) is 52.6 Å². The third-order valence-electron chi connectivity index (χ3n) is 3.92. The molecule has 0 bridgehead atoms. The highest BCUT2D eigenvalue weighted by Gasteiger charge is 2.28. The Morgan fingerprint density at radius 3 is 2.47 bits per heavy atom. The Bertz CT molecular complexity index is 470. The summed E-state index contributed by atoms with van der Waals surface area (Å²) in [7, 11) is 0. The molecule has 3 heteroatoms. The van der Waals surface area contributed by atoms with E-state index in [2.05, 4.69) is 13.8 Å². The van der Waals surface area contributed by atoms with Crippen LogP contribution in [0.2, 0.25) is 0 Å². The first-order valence-corrected chi connectivity index (χ1v) is 6.84. The maximum Gasteiger partial charge on any atom is 0.165 e. The van der Waals surface area contributed by atoms with Crippen molar-refractivity contribution in [1.29, 1.82) is 0 Å². The molecule has 0 aromatic heterocycles. The predicted octanol–water partition coefficient (Wildman–Crippen LogP) is 4.38. The molecule has 2 rings (SSSR count). The number of carbonyl (C=O) groups excluding carboxylic acids is 1. The normalized spacial score (nSPS) is 19.2. The van der Waals surface area contributed by atoms with Gasteiger partial charge in [0, 0.05) is 5.56 Å². The SMILES string of the molecule is CC(=O)c1ccc(OC2CCC(C)(C)CC2)c(F)c1. The largest absolute Gasteiger partial charge is 0.487 e. The minimum Gasteiger partial charge on any atom is -0.487 e. The van der Waals surface area contributed by atoms with Crippen molar-refractivity contribution in [2.24, 2.45) is 5.41 Å². The van der Waals surface area contributed by atoms with Gasteiger partial charge in [-0.15, -0.1) is 0 Å². The van der Waals surface area contributed by atoms with E-state index in [0.717, 1.165) is 25.7 Å². The highest BCUT2D eigenvalue weighted by molar-refractivity contribution is 5.94. The maximum atomic E-state index is 13.8. The molecule has 1 aromatic carbocycles. The van der Waals surface area contributed by atoms with Gasteiger partial charge < -0.3 is 4.74 Å². The van der Waals surface area contributed by atoms with Crippen LogP contribution in [0.4, 0.5) is 4.39 Å². The van der Waals surface area contributed by atoms with E-state index >= 15 is 0 Å². The highest BCUT2D eigenvalue weighted by Crippen LogP contribution is 2.36. The molecule has 0 radical (unpaired) electrons. The molecule has 0 aliphatic heterocycles. The summed E-state index contributed by atoms with van der Waals surface area (Å²) < 4.78 is 19.6. The maximum absolute atomic E-state index is 13.8. The van der Waals surface area contributed by atoms with E-state index in [1.54, 1.807) is 12.1 Å². The molecular formula is C16H21FO2. The van der Waals surface area contributed by atoms with Crippen molar-refractivity contribution in [3.8, 4) is 5.75 Å². The first-order valence-electron chi connectivity index (χ1n) is 6.84. The predicted molar refractivity (Wildman–Crippen MR) is 73.1 cm³/mol. The van der Waals surface area contributed by atoms with Gasteiger partial charge in [-0.25, -0.2) is 4.39 Å². The van der Waals surface area contributed by atoms with Gasteiger partial charge in [0.05, 0.1) is 6.10 Å². The zero-order valence-electron chi connectivity index (χ0n) is 11.8. The van der Waals surface area contributed by atoms with Gasteiger partial charge in [-0.2, -0.15) is 0 Å². The molecule has 1 fully saturated rings. The molecule has 0 spiro atoms. The van der Waals surface area contributed by atoms with E-state index in [1.807, 2.05) is 0 Å². The van der Waals surface area contributed by atoms with E-state index < -0.39 is 5.82 Å². The first-order chi connectivity index (χ1) is 8.87. The van der Waals surface area contributed by atoms with Gasteiger partial charge in [0.25, 0.3) is 0 Å². The molecule has 0 amide bonds. The molecule has 1 aliphatic carbocycles. The van der Waals surface area contributed by atoms with Gasteiger partial charge in [0.15, 0.2) is 17.3 Å². The number of rotatable bonds is 3. The van der Waals surface area contributed by atoms with E-state index in [0.29, 0.717) is 11.0 Å². The molecule has 1 aromatic rings. The fourth-order valence-corrected chi connectivity index (χ4v) is 2.49. The van der Waals surface area contributed by atoms with Crippen molar-refractivity contribution in [3.63, 3.8) is 0 Å². The molecule has 104 valence electrons. The second-order valence-corrected chi connectivity index (χ2v) is 6.18. The summed E-state index contributed by atoms with van der Waals surface area (Å²) >= 11 is 0. The molecule has 19 heavy (non-hydrogen) atoms. The number of hydrogen-bond acceptors (Lipinski definition) is 2. The number of ketones is 1. The van der Waals surface area contributed by atoms with Crippen LogP contribution in [0.25, 0.3) is 0 Å². The van der Waals surface area contributed by atoms with Crippen LogP contribution in [0.15, 0.2) is 18.2 Å². The van der Waals surface area contributed by atoms with E-state index in [9.17, 15) is 9.18 Å². The van der Waals surface area contributed by atoms with Crippen molar-refractivity contribution >= 4 is 5.78 Å². The summed E-state index contributed by atoms with van der Waals surface area (Å²) in [5.74, 6) is -0.322. The zero-order chi connectivity index (χ0) is 14.0. The fraction of sp³-hybridized carbons (Fsp3) is 0.562. The minimum atomic E-state index is -0.447. The van der Waals surface area contributed by atoms with Crippen molar-refractivity contribution in [1.82, 2.24) is 0 Å². The molecular weight excluding hydrogens is 243 g/mol. The number of Topliss-reactive ketones (excluding diaryl/α,β-unsaturated/α-hetero) is 1. The Balaban J connectivity index is 2.02. The van der Waals surface area contributed by atoms with Crippen molar-refractivity contribution in [3.05, 3.63) is 29.6 Å². The standard InChI is InChI=1S/C16H21FO2/c1-11(18)12-4-5-15(14(17)10-12)19-13-6-8-16(2,3)9-7-13/h4-5,10,13H,6-9H2,1-3H3. The van der Waals surface area contributed by atoms with Crippen LogP contribution in [-0.2, 0) is 0 Å². The average molecular weight is 264 g/mol. The summed E-state index contributed by atoms with van der Waals surface area (Å²) in [6.07, 6.45) is 4.21. The zero-order valence-corrected chi connectivity index (χ0v) is 11.8. The Labute approximate surface area is 114 Å². The quantitative estimate of drug-likeness (QED) is 0.757. The first kappa shape index (κ1) is 14.0. The van der Waals surface area contributed by atoms with Gasteiger partial charge in [-0.3, -0.25) is 4.79 Å². The lowest BCUT2D eigenvalue weighted by Crippen LogP contribution is -2.28. The molecule has 0 saturated heterocycles. The Hall–Kier alpha value is -1.38. The Kier molecular flexibility index (Phi) is 3.93. The van der Waals surface area contributed by atoms with Gasteiger partial charge in [0.1, 0.15) is 0 Å². The smallest absolute Gasteiger partial charge is 0.165 e. The lowest BCUT2D eigenvalue weighted by molar-refractivity contribution is 0.0950. The summed E-state index contributed by atoms with van der Waals surface area (Å²) in [4.78, 5) is 11.2. The molecule has 1 aliphatic rings. The second kappa shape index (κ2) is 5.32. The summed E-state index contributed by atoms with van der Waals surface area (Å²) in [6, 6.07) is 4.43. The fourth-order valence-electron chi connectivity index (χ4n) is 2.49. The molecule has 1 saturated carbocycles. The van der Waals surface area contributed by atoms with Crippen LogP contribution in [0, 0.1) is 11.2 Å². The van der Waals surface area contributed by atoms with Crippen LogP contribution >= 0.6 is 0 Å². The number of ether oxygens (including phenoxy) is 1. The summed E-state index contributed by atoms with van der Waals surface area (Å²) in [5, 5.41) is 0. The Morgan fingerprint density at radius 1 is 1.32 bits per heavy atom. The summed E-state index contributed by atoms with van der Waals surface area (Å²) in [6.45, 7) is 5.94. The summed E-state index contributed by atoms with van der Waals surface area (Å²) in [5.41, 5.74) is 0.756. The van der Waals surface area contributed by atoms with Crippen LogP contribution < -0.4 is 4.74 Å². The molecule has 0 unspecified atom stereocenters. The van der Waals surface area contributed by atoms with E-state index in [1.165, 1.54) is 13.0 Å². The van der Waals surface area contributed by atoms with Crippen LogP contribution in [0.1, 0.15) is 56.8 Å². The number of hydrogen-bond donors (Lipinski definition) is 0. The Morgan fingerprint density at radius 2 is 1.95 bits per heavy atom. The van der Waals surface area contributed by atoms with E-state index in [-0.39, 0.29) is 17.6 Å². The van der Waals surface area contributed by atoms with Gasteiger partial charge >= 0.3 is 0 Å². The van der Waals surface area contributed by atoms with Crippen LogP contribution in [-0.4, -0.2) is 11.9 Å². The molecule has 0 atom stereocenters. The van der Waals surface area contributed by atoms with Crippen molar-refractivity contribution < 1.29 is 13.9 Å². The van der Waals surface area contributed by atoms with Crippen molar-refractivity contribution in [2.75, 3.05) is 0 Å². The number of benzene rings is 1. The second-order valence-electron chi connectivity index (χ2n) is 6.18. The third kappa shape index (κ3) is 3.55. The van der Waals surface area contributed by atoms with Gasteiger partial charge in [0.2, 0.25) is 0 Å². The molecule has 2 nitrogen and oxygen atoms in total. The monoisotopic (exact) mass is 264 g/mol.